The molecule has 3 aromatic carbocycles. The molecule has 0 unspecified atom stereocenters. The van der Waals surface area contributed by atoms with Gasteiger partial charge in [-0.25, -0.2) is 0 Å². The number of amides is 1. The Bertz CT molecular complexity index is 1350. The Balaban J connectivity index is 1.59. The summed E-state index contributed by atoms with van der Waals surface area (Å²) in [4.78, 5) is 15.9. The van der Waals surface area contributed by atoms with Gasteiger partial charge in [0.2, 0.25) is 5.91 Å². The summed E-state index contributed by atoms with van der Waals surface area (Å²) in [7, 11) is 0. The van der Waals surface area contributed by atoms with Crippen LogP contribution < -0.4 is 25.0 Å². The van der Waals surface area contributed by atoms with E-state index in [2.05, 4.69) is 10.6 Å². The molecule has 6 nitrogen and oxygen atoms in total. The van der Waals surface area contributed by atoms with Crippen molar-refractivity contribution in [2.45, 2.75) is 39.5 Å². The molecule has 0 radical (unpaired) electrons. The minimum Gasteiger partial charge on any atom is -0.494 e. The van der Waals surface area contributed by atoms with Crippen LogP contribution in [0.4, 0.5) is 11.4 Å². The standard InChI is InChI=1S/C28H28ClN3O3S/c1-5-34-20-10-8-19(9-11-20)32-27(36)31-25-21-15-18(29)7-13-23(21)35-28(32,4)24(25)26(33)30-22-12-6-16(2)14-17(22)3/h6-15,24-25H,5H2,1-4H3,(H,30,33)(H,31,36)/t24-,25-,28-/m0/s1. The normalized spacial score (nSPS) is 22.2. The van der Waals surface area contributed by atoms with E-state index < -0.39 is 17.7 Å². The second-order valence-electron chi connectivity index (χ2n) is 9.31. The fraction of sp³-hybridized carbons (Fsp3) is 0.286. The van der Waals surface area contributed by atoms with E-state index in [-0.39, 0.29) is 5.91 Å². The molecule has 5 rings (SSSR count). The van der Waals surface area contributed by atoms with Crippen molar-refractivity contribution in [3.8, 4) is 11.5 Å². The van der Waals surface area contributed by atoms with Crippen molar-refractivity contribution in [3.63, 3.8) is 0 Å². The summed E-state index contributed by atoms with van der Waals surface area (Å²) in [5.41, 5.74) is 3.37. The summed E-state index contributed by atoms with van der Waals surface area (Å²) in [6.07, 6.45) is 0. The highest BCUT2D eigenvalue weighted by Crippen LogP contribution is 2.50. The van der Waals surface area contributed by atoms with Gasteiger partial charge in [-0.3, -0.25) is 9.69 Å². The smallest absolute Gasteiger partial charge is 0.236 e. The molecule has 36 heavy (non-hydrogen) atoms. The lowest BCUT2D eigenvalue weighted by Gasteiger charge is -2.56. The molecule has 2 aliphatic heterocycles. The zero-order valence-electron chi connectivity index (χ0n) is 20.6. The lowest BCUT2D eigenvalue weighted by Crippen LogP contribution is -2.72. The van der Waals surface area contributed by atoms with Crippen LogP contribution >= 0.6 is 23.8 Å². The zero-order chi connectivity index (χ0) is 25.6. The molecule has 186 valence electrons. The number of nitrogens with zero attached hydrogens (tertiary/aromatic N) is 1. The van der Waals surface area contributed by atoms with Crippen LogP contribution in [0.5, 0.6) is 11.5 Å². The highest BCUT2D eigenvalue weighted by atomic mass is 35.5. The molecule has 0 aliphatic carbocycles. The second-order valence-corrected chi connectivity index (χ2v) is 10.1. The number of halogens is 1. The molecule has 3 aromatic rings. The Kier molecular flexibility index (Phi) is 6.30. The molecule has 2 aliphatic rings. The minimum atomic E-state index is -1.11. The van der Waals surface area contributed by atoms with Gasteiger partial charge in [0.05, 0.1) is 12.6 Å². The SMILES string of the molecule is CCOc1ccc(N2C(=S)N[C@H]3c4cc(Cl)ccc4O[C@@]2(C)[C@@H]3C(=O)Nc2ccc(C)cc2C)cc1. The van der Waals surface area contributed by atoms with Gasteiger partial charge in [0.25, 0.3) is 0 Å². The van der Waals surface area contributed by atoms with Crippen molar-refractivity contribution in [1.29, 1.82) is 0 Å². The van der Waals surface area contributed by atoms with Gasteiger partial charge in [-0.05, 0) is 94.0 Å². The van der Waals surface area contributed by atoms with Crippen LogP contribution in [0.2, 0.25) is 5.02 Å². The summed E-state index contributed by atoms with van der Waals surface area (Å²) in [5.74, 6) is 0.593. The van der Waals surface area contributed by atoms with Crippen LogP contribution in [0, 0.1) is 19.8 Å². The van der Waals surface area contributed by atoms with Crippen LogP contribution in [0.15, 0.2) is 60.7 Å². The number of fused-ring (bicyclic) bond motifs is 4. The summed E-state index contributed by atoms with van der Waals surface area (Å²) in [6.45, 7) is 8.44. The maximum absolute atomic E-state index is 14.0. The van der Waals surface area contributed by atoms with Crippen molar-refractivity contribution in [2.24, 2.45) is 5.92 Å². The third kappa shape index (κ3) is 4.16. The van der Waals surface area contributed by atoms with Crippen LogP contribution in [0.3, 0.4) is 0 Å². The molecule has 2 bridgehead atoms. The molecular formula is C28H28ClN3O3S. The maximum atomic E-state index is 14.0. The number of hydrogen-bond acceptors (Lipinski definition) is 4. The van der Waals surface area contributed by atoms with Gasteiger partial charge >= 0.3 is 0 Å². The summed E-state index contributed by atoms with van der Waals surface area (Å²) >= 11 is 12.2. The van der Waals surface area contributed by atoms with Gasteiger partial charge in [0.15, 0.2) is 10.8 Å². The van der Waals surface area contributed by atoms with Gasteiger partial charge < -0.3 is 20.1 Å². The number of ether oxygens (including phenoxy) is 2. The number of carbonyl (C=O) groups excluding carboxylic acids is 1. The summed E-state index contributed by atoms with van der Waals surface area (Å²) in [5, 5.41) is 7.58. The second kappa shape index (κ2) is 9.30. The van der Waals surface area contributed by atoms with E-state index in [4.69, 9.17) is 33.3 Å². The first-order valence-corrected chi connectivity index (χ1v) is 12.7. The lowest BCUT2D eigenvalue weighted by atomic mass is 9.78. The van der Waals surface area contributed by atoms with Crippen molar-refractivity contribution in [2.75, 3.05) is 16.8 Å². The van der Waals surface area contributed by atoms with E-state index in [1.165, 1.54) is 0 Å². The monoisotopic (exact) mass is 521 g/mol. The predicted octanol–water partition coefficient (Wildman–Crippen LogP) is 6.15. The highest BCUT2D eigenvalue weighted by Gasteiger charge is 2.59. The number of thiocarbonyl (C=S) groups is 1. The van der Waals surface area contributed by atoms with E-state index in [0.29, 0.717) is 22.5 Å². The Morgan fingerprint density at radius 1 is 1.17 bits per heavy atom. The quantitative estimate of drug-likeness (QED) is 0.392. The van der Waals surface area contributed by atoms with Crippen molar-refractivity contribution >= 4 is 46.2 Å². The maximum Gasteiger partial charge on any atom is 0.236 e. The van der Waals surface area contributed by atoms with Crippen LogP contribution in [0.25, 0.3) is 0 Å². The molecule has 1 saturated heterocycles. The number of carbonyl (C=O) groups is 1. The number of nitrogens with one attached hydrogen (secondary N) is 2. The summed E-state index contributed by atoms with van der Waals surface area (Å²) < 4.78 is 12.2. The molecule has 1 amide bonds. The average Bonchev–Trinajstić information content (AvgIpc) is 2.82. The van der Waals surface area contributed by atoms with E-state index in [1.807, 2.05) is 87.2 Å². The van der Waals surface area contributed by atoms with E-state index >= 15 is 0 Å². The van der Waals surface area contributed by atoms with Gasteiger partial charge in [-0.2, -0.15) is 0 Å². The van der Waals surface area contributed by atoms with Crippen LogP contribution in [-0.4, -0.2) is 23.4 Å². The number of aryl methyl sites for hydroxylation is 2. The van der Waals surface area contributed by atoms with Gasteiger partial charge in [-0.15, -0.1) is 0 Å². The molecule has 0 saturated carbocycles. The number of benzene rings is 3. The highest BCUT2D eigenvalue weighted by molar-refractivity contribution is 7.80. The van der Waals surface area contributed by atoms with Crippen LogP contribution in [0.1, 0.15) is 36.6 Å². The topological polar surface area (TPSA) is 62.8 Å². The van der Waals surface area contributed by atoms with E-state index in [0.717, 1.165) is 33.8 Å². The van der Waals surface area contributed by atoms with Gasteiger partial charge in [-0.1, -0.05) is 29.3 Å². The molecule has 2 heterocycles. The first kappa shape index (κ1) is 24.4. The van der Waals surface area contributed by atoms with Crippen LogP contribution in [-0.2, 0) is 4.79 Å². The first-order valence-electron chi connectivity index (χ1n) is 11.9. The van der Waals surface area contributed by atoms with Gasteiger partial charge in [0.1, 0.15) is 17.4 Å². The number of hydrogen-bond donors (Lipinski definition) is 2. The Morgan fingerprint density at radius 2 is 1.92 bits per heavy atom. The lowest BCUT2D eigenvalue weighted by molar-refractivity contribution is -0.130. The zero-order valence-corrected chi connectivity index (χ0v) is 22.2. The molecule has 3 atom stereocenters. The molecule has 0 spiro atoms. The number of anilines is 2. The third-order valence-corrected chi connectivity index (χ3v) is 7.32. The van der Waals surface area contributed by atoms with Gasteiger partial charge in [0, 0.05) is 22.0 Å². The molecule has 8 heteroatoms. The molecule has 0 aromatic heterocycles. The largest absolute Gasteiger partial charge is 0.494 e. The third-order valence-electron chi connectivity index (χ3n) is 6.79. The Morgan fingerprint density at radius 3 is 2.61 bits per heavy atom. The predicted molar refractivity (Wildman–Crippen MR) is 147 cm³/mol. The van der Waals surface area contributed by atoms with E-state index in [1.54, 1.807) is 6.07 Å². The fourth-order valence-corrected chi connectivity index (χ4v) is 5.76. The molecule has 1 fully saturated rings. The first-order chi connectivity index (χ1) is 17.2. The molecular weight excluding hydrogens is 494 g/mol. The van der Waals surface area contributed by atoms with Crippen molar-refractivity contribution in [3.05, 3.63) is 82.4 Å². The van der Waals surface area contributed by atoms with E-state index in [9.17, 15) is 4.79 Å². The number of rotatable bonds is 5. The summed E-state index contributed by atoms with van der Waals surface area (Å²) in [6, 6.07) is 18.6. The van der Waals surface area contributed by atoms with Crippen molar-refractivity contribution in [1.82, 2.24) is 5.32 Å². The average molecular weight is 522 g/mol. The molecule has 2 N–H and O–H groups in total. The Labute approximate surface area is 221 Å². The Hall–Kier alpha value is -3.29. The van der Waals surface area contributed by atoms with Crippen molar-refractivity contribution < 1.29 is 14.3 Å². The minimum absolute atomic E-state index is 0.175. The fourth-order valence-electron chi connectivity index (χ4n) is 5.17.